The Kier molecular flexibility index (Phi) is 3.69. The van der Waals surface area contributed by atoms with Gasteiger partial charge in [0.2, 0.25) is 5.91 Å². The van der Waals surface area contributed by atoms with Crippen LogP contribution >= 0.6 is 11.6 Å². The van der Waals surface area contributed by atoms with Crippen LogP contribution in [0.2, 0.25) is 5.02 Å². The first-order valence-electron chi connectivity index (χ1n) is 6.91. The number of carbonyl (C=O) groups excluding carboxylic acids is 1. The summed E-state index contributed by atoms with van der Waals surface area (Å²) in [6.07, 6.45) is 3.62. The lowest BCUT2D eigenvalue weighted by atomic mass is 10.1. The van der Waals surface area contributed by atoms with Crippen molar-refractivity contribution in [1.82, 2.24) is 0 Å². The van der Waals surface area contributed by atoms with E-state index >= 15 is 0 Å². The molecular weight excluding hydrogens is 274 g/mol. The number of rotatable bonds is 2. The molecule has 3 nitrogen and oxygen atoms in total. The van der Waals surface area contributed by atoms with Crippen LogP contribution in [0.1, 0.15) is 24.8 Å². The molecule has 20 heavy (non-hydrogen) atoms. The fourth-order valence-corrected chi connectivity index (χ4v) is 3.46. The summed E-state index contributed by atoms with van der Waals surface area (Å²) in [6, 6.07) is 5.20. The molecule has 104 valence electrons. The Labute approximate surface area is 123 Å². The number of amides is 1. The van der Waals surface area contributed by atoms with Gasteiger partial charge < -0.3 is 10.4 Å². The van der Waals surface area contributed by atoms with Crippen LogP contribution < -0.4 is 5.32 Å². The molecule has 0 saturated heterocycles. The predicted octanol–water partition coefficient (Wildman–Crippen LogP) is 2.67. The largest absolute Gasteiger partial charge is 0.384 e. The second-order valence-electron chi connectivity index (χ2n) is 5.42. The summed E-state index contributed by atoms with van der Waals surface area (Å²) >= 11 is 5.94. The third-order valence-corrected chi connectivity index (χ3v) is 4.49. The lowest BCUT2D eigenvalue weighted by molar-refractivity contribution is -0.118. The SMILES string of the molecule is O=C(Nc1ccc(Cl)cc1C#CCO)C1C2CCCC21. The highest BCUT2D eigenvalue weighted by molar-refractivity contribution is 6.30. The molecule has 1 amide bonds. The van der Waals surface area contributed by atoms with Gasteiger partial charge in [-0.3, -0.25) is 4.79 Å². The number of nitrogens with one attached hydrogen (secondary N) is 1. The highest BCUT2D eigenvalue weighted by Crippen LogP contribution is 2.57. The maximum atomic E-state index is 12.3. The van der Waals surface area contributed by atoms with E-state index in [2.05, 4.69) is 17.2 Å². The number of hydrogen-bond donors (Lipinski definition) is 2. The van der Waals surface area contributed by atoms with E-state index in [1.54, 1.807) is 18.2 Å². The fraction of sp³-hybridized carbons (Fsp3) is 0.438. The Morgan fingerprint density at radius 1 is 1.40 bits per heavy atom. The van der Waals surface area contributed by atoms with E-state index in [4.69, 9.17) is 16.7 Å². The molecule has 2 saturated carbocycles. The molecule has 4 heteroatoms. The molecule has 2 atom stereocenters. The lowest BCUT2D eigenvalue weighted by Crippen LogP contribution is -2.17. The second-order valence-corrected chi connectivity index (χ2v) is 5.86. The van der Waals surface area contributed by atoms with E-state index < -0.39 is 0 Å². The monoisotopic (exact) mass is 289 g/mol. The van der Waals surface area contributed by atoms with Crippen LogP contribution in [0.5, 0.6) is 0 Å². The van der Waals surface area contributed by atoms with E-state index in [-0.39, 0.29) is 18.4 Å². The number of anilines is 1. The molecule has 1 aromatic rings. The standard InChI is InChI=1S/C16H16ClNO2/c17-11-6-7-14(10(9-11)3-2-8-19)18-16(20)15-12-4-1-5-13(12)15/h6-7,9,12-13,15,19H,1,4-5,8H2,(H,18,20). The van der Waals surface area contributed by atoms with Gasteiger partial charge in [-0.05, 0) is 42.9 Å². The molecule has 2 unspecified atom stereocenters. The molecule has 0 bridgehead atoms. The van der Waals surface area contributed by atoms with Crippen molar-refractivity contribution in [3.63, 3.8) is 0 Å². The second kappa shape index (κ2) is 5.47. The Bertz CT molecular complexity index is 592. The summed E-state index contributed by atoms with van der Waals surface area (Å²) in [5, 5.41) is 12.3. The third-order valence-electron chi connectivity index (χ3n) is 4.25. The zero-order chi connectivity index (χ0) is 14.1. The van der Waals surface area contributed by atoms with Crippen LogP contribution in [0.3, 0.4) is 0 Å². The van der Waals surface area contributed by atoms with Gasteiger partial charge in [0.1, 0.15) is 6.61 Å². The first-order valence-corrected chi connectivity index (χ1v) is 7.28. The molecule has 0 aliphatic heterocycles. The third kappa shape index (κ3) is 2.54. The van der Waals surface area contributed by atoms with Gasteiger partial charge in [-0.2, -0.15) is 0 Å². The van der Waals surface area contributed by atoms with Crippen molar-refractivity contribution in [2.75, 3.05) is 11.9 Å². The first kappa shape index (κ1) is 13.5. The molecule has 1 aromatic carbocycles. The molecule has 0 heterocycles. The molecule has 2 fully saturated rings. The topological polar surface area (TPSA) is 49.3 Å². The van der Waals surface area contributed by atoms with Gasteiger partial charge in [-0.15, -0.1) is 0 Å². The molecule has 0 aromatic heterocycles. The first-order chi connectivity index (χ1) is 9.70. The molecule has 3 rings (SSSR count). The number of carbonyl (C=O) groups is 1. The summed E-state index contributed by atoms with van der Waals surface area (Å²) in [4.78, 5) is 12.3. The van der Waals surface area contributed by atoms with Gasteiger partial charge in [-0.25, -0.2) is 0 Å². The number of fused-ring (bicyclic) bond motifs is 1. The van der Waals surface area contributed by atoms with Crippen LogP contribution in [-0.4, -0.2) is 17.6 Å². The average molecular weight is 290 g/mol. The van der Waals surface area contributed by atoms with Crippen LogP contribution in [0.4, 0.5) is 5.69 Å². The quantitative estimate of drug-likeness (QED) is 0.823. The highest BCUT2D eigenvalue weighted by atomic mass is 35.5. The maximum absolute atomic E-state index is 12.3. The van der Waals surface area contributed by atoms with Crippen molar-refractivity contribution in [1.29, 1.82) is 0 Å². The van der Waals surface area contributed by atoms with Gasteiger partial charge in [0.05, 0.1) is 5.69 Å². The lowest BCUT2D eigenvalue weighted by Gasteiger charge is -2.09. The molecule has 2 aliphatic rings. The minimum atomic E-state index is -0.216. The fourth-order valence-electron chi connectivity index (χ4n) is 3.29. The minimum absolute atomic E-state index is 0.0917. The van der Waals surface area contributed by atoms with Gasteiger partial charge in [0, 0.05) is 16.5 Å². The van der Waals surface area contributed by atoms with E-state index in [0.29, 0.717) is 28.1 Å². The van der Waals surface area contributed by atoms with Crippen molar-refractivity contribution in [3.8, 4) is 11.8 Å². The zero-order valence-corrected chi connectivity index (χ0v) is 11.8. The van der Waals surface area contributed by atoms with Crippen molar-refractivity contribution in [2.24, 2.45) is 17.8 Å². The Hall–Kier alpha value is -1.50. The Morgan fingerprint density at radius 2 is 2.15 bits per heavy atom. The smallest absolute Gasteiger partial charge is 0.228 e. The summed E-state index contributed by atoms with van der Waals surface area (Å²) < 4.78 is 0. The molecular formula is C16H16ClNO2. The van der Waals surface area contributed by atoms with Crippen molar-refractivity contribution in [2.45, 2.75) is 19.3 Å². The van der Waals surface area contributed by atoms with Crippen molar-refractivity contribution < 1.29 is 9.90 Å². The van der Waals surface area contributed by atoms with Gasteiger partial charge in [-0.1, -0.05) is 29.9 Å². The maximum Gasteiger partial charge on any atom is 0.228 e. The van der Waals surface area contributed by atoms with Crippen molar-refractivity contribution >= 4 is 23.2 Å². The highest BCUT2D eigenvalue weighted by Gasteiger charge is 2.56. The number of halogens is 1. The Morgan fingerprint density at radius 3 is 2.85 bits per heavy atom. The van der Waals surface area contributed by atoms with E-state index in [1.165, 1.54) is 19.3 Å². The number of aliphatic hydroxyl groups excluding tert-OH is 1. The average Bonchev–Trinajstić information content (AvgIpc) is 2.92. The number of benzene rings is 1. The van der Waals surface area contributed by atoms with Gasteiger partial charge in [0.15, 0.2) is 0 Å². The van der Waals surface area contributed by atoms with Gasteiger partial charge in [0.25, 0.3) is 0 Å². The van der Waals surface area contributed by atoms with E-state index in [1.807, 2.05) is 0 Å². The van der Waals surface area contributed by atoms with Crippen molar-refractivity contribution in [3.05, 3.63) is 28.8 Å². The molecule has 0 spiro atoms. The van der Waals surface area contributed by atoms with Crippen LogP contribution in [-0.2, 0) is 4.79 Å². The molecule has 0 radical (unpaired) electrons. The minimum Gasteiger partial charge on any atom is -0.384 e. The zero-order valence-electron chi connectivity index (χ0n) is 11.0. The number of hydrogen-bond acceptors (Lipinski definition) is 2. The Balaban J connectivity index is 1.75. The van der Waals surface area contributed by atoms with Gasteiger partial charge >= 0.3 is 0 Å². The van der Waals surface area contributed by atoms with Crippen LogP contribution in [0.25, 0.3) is 0 Å². The van der Waals surface area contributed by atoms with Crippen LogP contribution in [0.15, 0.2) is 18.2 Å². The summed E-state index contributed by atoms with van der Waals surface area (Å²) in [6.45, 7) is -0.216. The predicted molar refractivity (Wildman–Crippen MR) is 78.4 cm³/mol. The summed E-state index contributed by atoms with van der Waals surface area (Å²) in [5.74, 6) is 6.86. The summed E-state index contributed by atoms with van der Waals surface area (Å²) in [5.41, 5.74) is 1.32. The molecule has 2 aliphatic carbocycles. The summed E-state index contributed by atoms with van der Waals surface area (Å²) in [7, 11) is 0. The van der Waals surface area contributed by atoms with E-state index in [0.717, 1.165) is 0 Å². The van der Waals surface area contributed by atoms with E-state index in [9.17, 15) is 4.79 Å². The van der Waals surface area contributed by atoms with Crippen LogP contribution in [0, 0.1) is 29.6 Å². The number of aliphatic hydroxyl groups is 1. The normalized spacial score (nSPS) is 26.4. The molecule has 2 N–H and O–H groups in total.